The fourth-order valence-corrected chi connectivity index (χ4v) is 5.00. The molecule has 2 aliphatic heterocycles. The molecule has 0 saturated carbocycles. The molecule has 0 aliphatic carbocycles. The van der Waals surface area contributed by atoms with Crippen LogP contribution < -0.4 is 5.32 Å². The minimum Gasteiger partial charge on any atom is -0.384 e. The summed E-state index contributed by atoms with van der Waals surface area (Å²) in [4.78, 5) is 2.73. The molecular weight excluding hydrogens is 380 g/mol. The van der Waals surface area contributed by atoms with Crippen LogP contribution in [0.3, 0.4) is 0 Å². The molecule has 29 heavy (non-hydrogen) atoms. The molecule has 2 aromatic carbocycles. The van der Waals surface area contributed by atoms with Gasteiger partial charge in [0, 0.05) is 23.3 Å². The van der Waals surface area contributed by atoms with Gasteiger partial charge < -0.3 is 10.2 Å². The monoisotopic (exact) mass is 410 g/mol. The molecule has 2 aliphatic rings. The summed E-state index contributed by atoms with van der Waals surface area (Å²) in [6.07, 6.45) is 6.82. The number of rotatable bonds is 5. The highest BCUT2D eigenvalue weighted by Crippen LogP contribution is 2.33. The normalized spacial score (nSPS) is 22.6. The first-order chi connectivity index (χ1) is 14.1. The molecular formula is C24H31ClN4. The lowest BCUT2D eigenvalue weighted by Crippen LogP contribution is -2.49. The van der Waals surface area contributed by atoms with Crippen molar-refractivity contribution in [3.8, 4) is 0 Å². The summed E-state index contributed by atoms with van der Waals surface area (Å²) in [7, 11) is 0. The molecule has 154 valence electrons. The molecule has 0 radical (unpaired) electrons. The lowest BCUT2D eigenvalue weighted by Gasteiger charge is -2.44. The summed E-state index contributed by atoms with van der Waals surface area (Å²) in [5, 5.41) is 13.2. The summed E-state index contributed by atoms with van der Waals surface area (Å²) < 4.78 is 0. The lowest BCUT2D eigenvalue weighted by molar-refractivity contribution is 0.0649. The van der Waals surface area contributed by atoms with Crippen molar-refractivity contribution in [3.05, 3.63) is 52.5 Å². The van der Waals surface area contributed by atoms with E-state index in [-0.39, 0.29) is 0 Å². The molecule has 0 amide bonds. The van der Waals surface area contributed by atoms with Crippen molar-refractivity contribution in [2.45, 2.75) is 52.0 Å². The second kappa shape index (κ2) is 9.27. The maximum atomic E-state index is 6.03. The van der Waals surface area contributed by atoms with E-state index in [4.69, 9.17) is 11.6 Å². The van der Waals surface area contributed by atoms with Crippen molar-refractivity contribution in [2.75, 3.05) is 25.0 Å². The second-order valence-electron chi connectivity index (χ2n) is 8.44. The fourth-order valence-electron chi connectivity index (χ4n) is 4.81. The van der Waals surface area contributed by atoms with Crippen LogP contribution in [0.1, 0.15) is 43.2 Å². The van der Waals surface area contributed by atoms with Crippen molar-refractivity contribution < 1.29 is 0 Å². The minimum absolute atomic E-state index is 0.674. The molecule has 0 bridgehead atoms. The van der Waals surface area contributed by atoms with E-state index in [0.29, 0.717) is 5.02 Å². The summed E-state index contributed by atoms with van der Waals surface area (Å²) in [5.74, 6) is 0.756. The van der Waals surface area contributed by atoms with Crippen LogP contribution in [-0.4, -0.2) is 30.6 Å². The van der Waals surface area contributed by atoms with Crippen LogP contribution in [0.2, 0.25) is 5.02 Å². The number of fused-ring (bicyclic) bond motifs is 1. The Labute approximate surface area is 179 Å². The largest absolute Gasteiger partial charge is 0.384 e. The molecule has 0 unspecified atom stereocenters. The summed E-state index contributed by atoms with van der Waals surface area (Å²) in [6, 6.07) is 12.4. The first-order valence-corrected chi connectivity index (χ1v) is 11.2. The Balaban J connectivity index is 1.43. The van der Waals surface area contributed by atoms with Gasteiger partial charge in [-0.15, -0.1) is 0 Å². The number of benzene rings is 2. The van der Waals surface area contributed by atoms with Gasteiger partial charge in [-0.25, -0.2) is 0 Å². The summed E-state index contributed by atoms with van der Waals surface area (Å²) in [6.45, 7) is 7.95. The Kier molecular flexibility index (Phi) is 6.51. The Morgan fingerprint density at radius 1 is 1.00 bits per heavy atom. The van der Waals surface area contributed by atoms with Gasteiger partial charge in [-0.2, -0.15) is 10.2 Å². The van der Waals surface area contributed by atoms with E-state index in [1.165, 1.54) is 62.0 Å². The molecule has 2 saturated heterocycles. The number of nitrogens with zero attached hydrogens (tertiary/aromatic N) is 3. The van der Waals surface area contributed by atoms with Crippen LogP contribution >= 0.6 is 11.6 Å². The van der Waals surface area contributed by atoms with E-state index >= 15 is 0 Å². The van der Waals surface area contributed by atoms with Crippen molar-refractivity contribution in [1.82, 2.24) is 4.90 Å². The standard InChI is InChI=1S/C24H31ClN4/c1-17-18(2)23(28-27-21-9-5-8-20(25)15-21)12-11-22(17)26-16-19-7-6-14-29-13-4-3-10-24(19)29/h5,8-9,11-12,15,19,24,26H,3-4,6-7,10,13-14,16H2,1-2H3/t19-,24-/m1/s1. The zero-order valence-corrected chi connectivity index (χ0v) is 18.3. The number of halogens is 1. The average Bonchev–Trinajstić information content (AvgIpc) is 2.74. The van der Waals surface area contributed by atoms with Gasteiger partial charge in [-0.3, -0.25) is 0 Å². The van der Waals surface area contributed by atoms with Crippen molar-refractivity contribution in [3.63, 3.8) is 0 Å². The van der Waals surface area contributed by atoms with Crippen molar-refractivity contribution >= 4 is 28.7 Å². The first kappa shape index (κ1) is 20.4. The third-order valence-electron chi connectivity index (χ3n) is 6.62. The zero-order valence-electron chi connectivity index (χ0n) is 17.5. The first-order valence-electron chi connectivity index (χ1n) is 10.9. The van der Waals surface area contributed by atoms with Crippen LogP contribution in [0.4, 0.5) is 17.1 Å². The van der Waals surface area contributed by atoms with E-state index in [2.05, 4.69) is 46.4 Å². The number of piperidine rings is 2. The molecule has 4 nitrogen and oxygen atoms in total. The number of nitrogens with one attached hydrogen (secondary N) is 1. The Morgan fingerprint density at radius 3 is 2.72 bits per heavy atom. The van der Waals surface area contributed by atoms with E-state index in [0.717, 1.165) is 29.9 Å². The number of hydrogen-bond acceptors (Lipinski definition) is 4. The number of azo groups is 1. The molecule has 5 heteroatoms. The van der Waals surface area contributed by atoms with Crippen LogP contribution in [0.5, 0.6) is 0 Å². The number of hydrogen-bond donors (Lipinski definition) is 1. The van der Waals surface area contributed by atoms with E-state index in [9.17, 15) is 0 Å². The van der Waals surface area contributed by atoms with Gasteiger partial charge in [0.15, 0.2) is 0 Å². The van der Waals surface area contributed by atoms with Gasteiger partial charge >= 0.3 is 0 Å². The second-order valence-corrected chi connectivity index (χ2v) is 8.88. The highest BCUT2D eigenvalue weighted by molar-refractivity contribution is 6.30. The maximum absolute atomic E-state index is 6.03. The molecule has 2 heterocycles. The number of anilines is 1. The molecule has 2 fully saturated rings. The Bertz CT molecular complexity index is 877. The highest BCUT2D eigenvalue weighted by atomic mass is 35.5. The van der Waals surface area contributed by atoms with E-state index in [1.807, 2.05) is 24.3 Å². The van der Waals surface area contributed by atoms with Gasteiger partial charge in [0.1, 0.15) is 0 Å². The van der Waals surface area contributed by atoms with Crippen molar-refractivity contribution in [1.29, 1.82) is 0 Å². The van der Waals surface area contributed by atoms with Gasteiger partial charge in [0.05, 0.1) is 11.4 Å². The molecule has 2 aromatic rings. The van der Waals surface area contributed by atoms with Gasteiger partial charge in [-0.05, 0) is 100.0 Å². The SMILES string of the molecule is Cc1c(N=Nc2cccc(Cl)c2)ccc(NC[C@H]2CCCN3CCCC[C@H]23)c1C. The Morgan fingerprint density at radius 2 is 1.86 bits per heavy atom. The lowest BCUT2D eigenvalue weighted by atomic mass is 9.83. The topological polar surface area (TPSA) is 40.0 Å². The highest BCUT2D eigenvalue weighted by Gasteiger charge is 2.32. The minimum atomic E-state index is 0.674. The van der Waals surface area contributed by atoms with Gasteiger partial charge in [-0.1, -0.05) is 24.1 Å². The molecule has 0 aromatic heterocycles. The predicted octanol–water partition coefficient (Wildman–Crippen LogP) is 7.05. The Hall–Kier alpha value is -1.91. The van der Waals surface area contributed by atoms with Crippen LogP contribution in [0, 0.1) is 19.8 Å². The smallest absolute Gasteiger partial charge is 0.0890 e. The van der Waals surface area contributed by atoms with E-state index in [1.54, 1.807) is 0 Å². The summed E-state index contributed by atoms with van der Waals surface area (Å²) in [5.41, 5.74) is 5.32. The molecule has 0 spiro atoms. The molecule has 1 N–H and O–H groups in total. The zero-order chi connectivity index (χ0) is 20.2. The van der Waals surface area contributed by atoms with Crippen LogP contribution in [0.15, 0.2) is 46.6 Å². The third kappa shape index (κ3) is 4.81. The maximum Gasteiger partial charge on any atom is 0.0890 e. The third-order valence-corrected chi connectivity index (χ3v) is 6.86. The summed E-state index contributed by atoms with van der Waals surface area (Å²) >= 11 is 6.03. The van der Waals surface area contributed by atoms with Crippen LogP contribution in [-0.2, 0) is 0 Å². The van der Waals surface area contributed by atoms with Crippen LogP contribution in [0.25, 0.3) is 0 Å². The molecule has 4 rings (SSSR count). The fraction of sp³-hybridized carbons (Fsp3) is 0.500. The quantitative estimate of drug-likeness (QED) is 0.536. The predicted molar refractivity (Wildman–Crippen MR) is 122 cm³/mol. The van der Waals surface area contributed by atoms with E-state index < -0.39 is 0 Å². The van der Waals surface area contributed by atoms with Gasteiger partial charge in [0.2, 0.25) is 0 Å². The van der Waals surface area contributed by atoms with Crippen molar-refractivity contribution in [2.24, 2.45) is 16.1 Å². The molecule has 2 atom stereocenters. The average molecular weight is 411 g/mol. The van der Waals surface area contributed by atoms with Gasteiger partial charge in [0.25, 0.3) is 0 Å².